The molecule has 0 radical (unpaired) electrons. The summed E-state index contributed by atoms with van der Waals surface area (Å²) >= 11 is 0. The number of ether oxygens (including phenoxy) is 1. The second-order valence-electron chi connectivity index (χ2n) is 6.62. The lowest BCUT2D eigenvalue weighted by Gasteiger charge is -2.36. The van der Waals surface area contributed by atoms with Crippen molar-refractivity contribution in [3.8, 4) is 12.3 Å². The van der Waals surface area contributed by atoms with Crippen LogP contribution < -0.4 is 0 Å². The molecule has 1 fully saturated rings. The first-order valence-corrected chi connectivity index (χ1v) is 7.64. The van der Waals surface area contributed by atoms with Crippen molar-refractivity contribution in [2.24, 2.45) is 29.6 Å². The molecule has 0 aromatic heterocycles. The maximum absolute atomic E-state index is 9.90. The Morgan fingerprint density at radius 3 is 2.32 bits per heavy atom. The fourth-order valence-electron chi connectivity index (χ4n) is 3.32. The number of hydrogen-bond donors (Lipinski definition) is 1. The first kappa shape index (κ1) is 16.5. The van der Waals surface area contributed by atoms with E-state index >= 15 is 0 Å². The Hall–Kier alpha value is -0.520. The molecule has 0 aromatic carbocycles. The fourth-order valence-corrected chi connectivity index (χ4v) is 3.32. The normalized spacial score (nSPS) is 33.3. The second-order valence-corrected chi connectivity index (χ2v) is 6.62. The van der Waals surface area contributed by atoms with E-state index in [1.165, 1.54) is 6.42 Å². The van der Waals surface area contributed by atoms with Gasteiger partial charge < -0.3 is 9.84 Å². The quantitative estimate of drug-likeness (QED) is 0.791. The fraction of sp³-hybridized carbons (Fsp3) is 0.882. The molecule has 1 saturated heterocycles. The van der Waals surface area contributed by atoms with Crippen molar-refractivity contribution in [3.63, 3.8) is 0 Å². The van der Waals surface area contributed by atoms with E-state index in [0.29, 0.717) is 29.8 Å². The summed E-state index contributed by atoms with van der Waals surface area (Å²) in [5.74, 6) is 4.76. The third-order valence-electron chi connectivity index (χ3n) is 5.06. The molecule has 5 unspecified atom stereocenters. The number of hydrogen-bond acceptors (Lipinski definition) is 2. The minimum Gasteiger partial charge on any atom is -0.380 e. The first-order chi connectivity index (χ1) is 8.88. The van der Waals surface area contributed by atoms with Crippen LogP contribution in [0.1, 0.15) is 47.5 Å². The Morgan fingerprint density at radius 2 is 1.79 bits per heavy atom. The minimum absolute atomic E-state index is 0.119. The summed E-state index contributed by atoms with van der Waals surface area (Å²) < 4.78 is 5.95. The molecule has 1 rings (SSSR count). The van der Waals surface area contributed by atoms with Gasteiger partial charge in [-0.25, -0.2) is 0 Å². The van der Waals surface area contributed by atoms with Crippen LogP contribution >= 0.6 is 0 Å². The van der Waals surface area contributed by atoms with E-state index in [4.69, 9.17) is 11.2 Å². The summed E-state index contributed by atoms with van der Waals surface area (Å²) in [6.07, 6.45) is 7.41. The Balaban J connectivity index is 2.83. The highest BCUT2D eigenvalue weighted by atomic mass is 16.5. The molecule has 6 atom stereocenters. The maximum Gasteiger partial charge on any atom is 0.117 e. The van der Waals surface area contributed by atoms with Gasteiger partial charge in [0.15, 0.2) is 0 Å². The number of aliphatic hydroxyl groups is 1. The number of rotatable bonds is 4. The predicted octanol–water partition coefficient (Wildman–Crippen LogP) is 3.34. The van der Waals surface area contributed by atoms with E-state index in [2.05, 4.69) is 40.5 Å². The van der Waals surface area contributed by atoms with Gasteiger partial charge in [0, 0.05) is 0 Å². The molecule has 1 heterocycles. The Bertz CT molecular complexity index is 305. The van der Waals surface area contributed by atoms with Crippen molar-refractivity contribution in [2.45, 2.75) is 59.7 Å². The zero-order valence-electron chi connectivity index (χ0n) is 13.1. The van der Waals surface area contributed by atoms with Crippen LogP contribution in [-0.2, 0) is 4.74 Å². The van der Waals surface area contributed by atoms with Gasteiger partial charge in [-0.15, -0.1) is 6.42 Å². The lowest BCUT2D eigenvalue weighted by atomic mass is 9.70. The SMILES string of the molecule is C#CC(O)C(C)[C@H](C)C1COC(C)CCC1C(C)C. The van der Waals surface area contributed by atoms with Crippen LogP contribution in [0.15, 0.2) is 0 Å². The predicted molar refractivity (Wildman–Crippen MR) is 79.6 cm³/mol. The van der Waals surface area contributed by atoms with E-state index in [9.17, 15) is 5.11 Å². The standard InChI is InChI=1S/C17H30O2/c1-7-17(18)14(6)13(5)16-10-19-12(4)8-9-15(16)11(2)3/h1,11-18H,8-10H2,2-6H3/t12?,13-,14?,15?,16?,17?/m0/s1. The van der Waals surface area contributed by atoms with Crippen molar-refractivity contribution < 1.29 is 9.84 Å². The summed E-state index contributed by atoms with van der Waals surface area (Å²) in [7, 11) is 0. The molecule has 110 valence electrons. The van der Waals surface area contributed by atoms with E-state index in [1.54, 1.807) is 0 Å². The summed E-state index contributed by atoms with van der Waals surface area (Å²) in [4.78, 5) is 0. The zero-order valence-corrected chi connectivity index (χ0v) is 13.1. The molecule has 19 heavy (non-hydrogen) atoms. The molecule has 0 bridgehead atoms. The third kappa shape index (κ3) is 4.23. The van der Waals surface area contributed by atoms with Gasteiger partial charge in [0.1, 0.15) is 6.10 Å². The van der Waals surface area contributed by atoms with Crippen LogP contribution in [0.4, 0.5) is 0 Å². The van der Waals surface area contributed by atoms with Crippen molar-refractivity contribution in [1.82, 2.24) is 0 Å². The first-order valence-electron chi connectivity index (χ1n) is 7.64. The monoisotopic (exact) mass is 266 g/mol. The van der Waals surface area contributed by atoms with Crippen LogP contribution in [-0.4, -0.2) is 23.9 Å². The summed E-state index contributed by atoms with van der Waals surface area (Å²) in [6, 6.07) is 0. The van der Waals surface area contributed by atoms with Crippen molar-refractivity contribution in [3.05, 3.63) is 0 Å². The van der Waals surface area contributed by atoms with Gasteiger partial charge >= 0.3 is 0 Å². The van der Waals surface area contributed by atoms with Gasteiger partial charge in [-0.3, -0.25) is 0 Å². The molecule has 0 saturated carbocycles. The molecule has 2 nitrogen and oxygen atoms in total. The molecular weight excluding hydrogens is 236 g/mol. The van der Waals surface area contributed by atoms with Crippen molar-refractivity contribution in [1.29, 1.82) is 0 Å². The molecule has 1 aliphatic rings. The summed E-state index contributed by atoms with van der Waals surface area (Å²) in [5.41, 5.74) is 0. The Kier molecular flexibility index (Phi) is 6.36. The highest BCUT2D eigenvalue weighted by Gasteiger charge is 2.36. The molecule has 0 spiro atoms. The molecule has 0 aliphatic carbocycles. The highest BCUT2D eigenvalue weighted by molar-refractivity contribution is 4.98. The average Bonchev–Trinajstić information content (AvgIpc) is 2.58. The lowest BCUT2D eigenvalue weighted by Crippen LogP contribution is -2.35. The summed E-state index contributed by atoms with van der Waals surface area (Å²) in [5, 5.41) is 9.90. The van der Waals surface area contributed by atoms with Gasteiger partial charge in [0.2, 0.25) is 0 Å². The van der Waals surface area contributed by atoms with E-state index < -0.39 is 6.10 Å². The van der Waals surface area contributed by atoms with Crippen LogP contribution in [0.2, 0.25) is 0 Å². The van der Waals surface area contributed by atoms with Crippen LogP contribution in [0.3, 0.4) is 0 Å². The van der Waals surface area contributed by atoms with E-state index in [1.807, 2.05) is 0 Å². The highest BCUT2D eigenvalue weighted by Crippen LogP contribution is 2.38. The Labute approximate surface area is 118 Å². The smallest absolute Gasteiger partial charge is 0.117 e. The minimum atomic E-state index is -0.650. The lowest BCUT2D eigenvalue weighted by molar-refractivity contribution is 0.00500. The van der Waals surface area contributed by atoms with Crippen LogP contribution in [0, 0.1) is 41.9 Å². The molecule has 1 N–H and O–H groups in total. The topological polar surface area (TPSA) is 29.5 Å². The molecular formula is C17H30O2. The van der Waals surface area contributed by atoms with Gasteiger partial charge in [-0.1, -0.05) is 33.6 Å². The third-order valence-corrected chi connectivity index (χ3v) is 5.06. The molecule has 1 aliphatic heterocycles. The largest absolute Gasteiger partial charge is 0.380 e. The van der Waals surface area contributed by atoms with Crippen LogP contribution in [0.25, 0.3) is 0 Å². The molecule has 0 amide bonds. The van der Waals surface area contributed by atoms with E-state index in [0.717, 1.165) is 13.0 Å². The van der Waals surface area contributed by atoms with Crippen LogP contribution in [0.5, 0.6) is 0 Å². The average molecular weight is 266 g/mol. The number of terminal acetylenes is 1. The Morgan fingerprint density at radius 1 is 1.16 bits per heavy atom. The van der Waals surface area contributed by atoms with Gasteiger partial charge in [-0.05, 0) is 49.4 Å². The summed E-state index contributed by atoms with van der Waals surface area (Å²) in [6.45, 7) is 11.8. The molecule has 0 aromatic rings. The maximum atomic E-state index is 9.90. The van der Waals surface area contributed by atoms with Gasteiger partial charge in [0.05, 0.1) is 12.7 Å². The molecule has 2 heteroatoms. The van der Waals surface area contributed by atoms with Crippen molar-refractivity contribution >= 4 is 0 Å². The number of aliphatic hydroxyl groups excluding tert-OH is 1. The van der Waals surface area contributed by atoms with Gasteiger partial charge in [-0.2, -0.15) is 0 Å². The van der Waals surface area contributed by atoms with Gasteiger partial charge in [0.25, 0.3) is 0 Å². The van der Waals surface area contributed by atoms with Crippen molar-refractivity contribution in [2.75, 3.05) is 6.61 Å². The second kappa shape index (κ2) is 7.31. The zero-order chi connectivity index (χ0) is 14.6. The van der Waals surface area contributed by atoms with E-state index in [-0.39, 0.29) is 5.92 Å².